The van der Waals surface area contributed by atoms with E-state index in [1.165, 1.54) is 0 Å². The Labute approximate surface area is 130 Å². The summed E-state index contributed by atoms with van der Waals surface area (Å²) in [6.45, 7) is 2.46. The zero-order chi connectivity index (χ0) is 15.4. The molecule has 1 aromatic heterocycles. The van der Waals surface area contributed by atoms with E-state index < -0.39 is 0 Å². The highest BCUT2D eigenvalue weighted by atomic mass is 16.2. The lowest BCUT2D eigenvalue weighted by molar-refractivity contribution is -0.128. The molecule has 2 aliphatic rings. The number of amides is 2. The fraction of sp³-hybridized carbons (Fsp3) is 0.562. The zero-order valence-corrected chi connectivity index (χ0v) is 12.6. The average molecular weight is 302 g/mol. The van der Waals surface area contributed by atoms with Crippen molar-refractivity contribution in [3.05, 3.63) is 30.1 Å². The van der Waals surface area contributed by atoms with Crippen molar-refractivity contribution < 1.29 is 9.59 Å². The number of carbonyl (C=O) groups excluding carboxylic acids is 2. The highest BCUT2D eigenvalue weighted by molar-refractivity contribution is 5.94. The summed E-state index contributed by atoms with van der Waals surface area (Å²) in [6.07, 6.45) is 7.15. The SMILES string of the molecule is O=C(NC1CCCN(C2CCCNC2=O)C1)c1ccncc1. The van der Waals surface area contributed by atoms with Gasteiger partial charge in [0.1, 0.15) is 0 Å². The summed E-state index contributed by atoms with van der Waals surface area (Å²) >= 11 is 0. The Morgan fingerprint density at radius 1 is 1.27 bits per heavy atom. The summed E-state index contributed by atoms with van der Waals surface area (Å²) < 4.78 is 0. The lowest BCUT2D eigenvalue weighted by Gasteiger charge is -2.39. The Morgan fingerprint density at radius 3 is 2.86 bits per heavy atom. The monoisotopic (exact) mass is 302 g/mol. The maximum Gasteiger partial charge on any atom is 0.251 e. The number of hydrogen-bond donors (Lipinski definition) is 2. The van der Waals surface area contributed by atoms with Gasteiger partial charge in [-0.25, -0.2) is 0 Å². The number of carbonyl (C=O) groups is 2. The first-order chi connectivity index (χ1) is 10.7. The van der Waals surface area contributed by atoms with Gasteiger partial charge in [-0.1, -0.05) is 0 Å². The van der Waals surface area contributed by atoms with E-state index in [1.54, 1.807) is 24.5 Å². The van der Waals surface area contributed by atoms with Crippen molar-refractivity contribution >= 4 is 11.8 Å². The van der Waals surface area contributed by atoms with Gasteiger partial charge in [-0.3, -0.25) is 19.5 Å². The van der Waals surface area contributed by atoms with Crippen LogP contribution in [-0.2, 0) is 4.79 Å². The van der Waals surface area contributed by atoms with Crippen LogP contribution in [0.3, 0.4) is 0 Å². The van der Waals surface area contributed by atoms with Gasteiger partial charge in [0, 0.05) is 37.1 Å². The van der Waals surface area contributed by atoms with Gasteiger partial charge in [-0.15, -0.1) is 0 Å². The van der Waals surface area contributed by atoms with Crippen molar-refractivity contribution in [1.29, 1.82) is 0 Å². The summed E-state index contributed by atoms with van der Waals surface area (Å²) in [5, 5.41) is 6.01. The number of likely N-dealkylation sites (tertiary alicyclic amines) is 1. The molecule has 3 rings (SSSR count). The predicted octanol–water partition coefficient (Wildman–Crippen LogP) is 0.554. The average Bonchev–Trinajstić information content (AvgIpc) is 2.56. The summed E-state index contributed by atoms with van der Waals surface area (Å²) in [5.41, 5.74) is 0.627. The van der Waals surface area contributed by atoms with Crippen LogP contribution in [0, 0.1) is 0 Å². The molecule has 22 heavy (non-hydrogen) atoms. The molecule has 1 aromatic rings. The van der Waals surface area contributed by atoms with E-state index in [9.17, 15) is 9.59 Å². The van der Waals surface area contributed by atoms with Crippen LogP contribution in [0.25, 0.3) is 0 Å². The number of nitrogens with one attached hydrogen (secondary N) is 2. The molecule has 0 aliphatic carbocycles. The lowest BCUT2D eigenvalue weighted by Crippen LogP contribution is -2.56. The summed E-state index contributed by atoms with van der Waals surface area (Å²) in [7, 11) is 0. The Kier molecular flexibility index (Phi) is 4.68. The van der Waals surface area contributed by atoms with E-state index in [0.29, 0.717) is 5.56 Å². The Hall–Kier alpha value is -1.95. The molecule has 0 saturated carbocycles. The van der Waals surface area contributed by atoms with Crippen LogP contribution in [0.1, 0.15) is 36.0 Å². The van der Waals surface area contributed by atoms with Gasteiger partial charge in [-0.2, -0.15) is 0 Å². The molecule has 6 heteroatoms. The van der Waals surface area contributed by atoms with Crippen LogP contribution in [-0.4, -0.2) is 53.4 Å². The van der Waals surface area contributed by atoms with E-state index in [4.69, 9.17) is 0 Å². The number of hydrogen-bond acceptors (Lipinski definition) is 4. The van der Waals surface area contributed by atoms with E-state index in [0.717, 1.165) is 45.3 Å². The predicted molar refractivity (Wildman–Crippen MR) is 82.3 cm³/mol. The molecular weight excluding hydrogens is 280 g/mol. The van der Waals surface area contributed by atoms with Crippen molar-refractivity contribution in [3.63, 3.8) is 0 Å². The standard InChI is InChI=1S/C16H22N4O2/c21-15(12-5-8-17-9-6-12)19-13-3-2-10-20(11-13)14-4-1-7-18-16(14)22/h5-6,8-9,13-14H,1-4,7,10-11H2,(H,18,22)(H,19,21). The number of rotatable bonds is 3. The van der Waals surface area contributed by atoms with Gasteiger partial charge in [-0.05, 0) is 44.4 Å². The topological polar surface area (TPSA) is 74.3 Å². The first-order valence-electron chi connectivity index (χ1n) is 7.96. The fourth-order valence-corrected chi connectivity index (χ4v) is 3.28. The zero-order valence-electron chi connectivity index (χ0n) is 12.6. The molecule has 0 spiro atoms. The van der Waals surface area contributed by atoms with E-state index in [1.807, 2.05) is 0 Å². The van der Waals surface area contributed by atoms with Crippen molar-refractivity contribution in [2.24, 2.45) is 0 Å². The van der Waals surface area contributed by atoms with Crippen molar-refractivity contribution in [1.82, 2.24) is 20.5 Å². The summed E-state index contributed by atoms with van der Waals surface area (Å²) in [6, 6.07) is 3.49. The van der Waals surface area contributed by atoms with Gasteiger partial charge in [0.15, 0.2) is 0 Å². The maximum atomic E-state index is 12.2. The van der Waals surface area contributed by atoms with E-state index >= 15 is 0 Å². The van der Waals surface area contributed by atoms with Crippen molar-refractivity contribution in [2.75, 3.05) is 19.6 Å². The fourth-order valence-electron chi connectivity index (χ4n) is 3.28. The number of nitrogens with zero attached hydrogens (tertiary/aromatic N) is 2. The third-order valence-corrected chi connectivity index (χ3v) is 4.43. The first-order valence-corrected chi connectivity index (χ1v) is 7.96. The molecule has 2 amide bonds. The number of pyridine rings is 1. The quantitative estimate of drug-likeness (QED) is 0.855. The molecule has 2 atom stereocenters. The summed E-state index contributed by atoms with van der Waals surface area (Å²) in [4.78, 5) is 30.4. The van der Waals surface area contributed by atoms with Crippen LogP contribution < -0.4 is 10.6 Å². The third kappa shape index (κ3) is 3.44. The van der Waals surface area contributed by atoms with Gasteiger partial charge in [0.05, 0.1) is 6.04 Å². The molecule has 6 nitrogen and oxygen atoms in total. The number of piperidine rings is 2. The lowest BCUT2D eigenvalue weighted by atomic mass is 9.99. The van der Waals surface area contributed by atoms with Crippen LogP contribution in [0.2, 0.25) is 0 Å². The largest absolute Gasteiger partial charge is 0.355 e. The van der Waals surface area contributed by atoms with E-state index in [-0.39, 0.29) is 23.9 Å². The molecule has 0 aromatic carbocycles. The minimum Gasteiger partial charge on any atom is -0.355 e. The van der Waals surface area contributed by atoms with Crippen molar-refractivity contribution in [3.8, 4) is 0 Å². The second-order valence-corrected chi connectivity index (χ2v) is 5.99. The summed E-state index contributed by atoms with van der Waals surface area (Å²) in [5.74, 6) is 0.0645. The smallest absolute Gasteiger partial charge is 0.251 e. The molecule has 2 aliphatic heterocycles. The van der Waals surface area contributed by atoms with E-state index in [2.05, 4.69) is 20.5 Å². The minimum absolute atomic E-state index is 0.0330. The second kappa shape index (κ2) is 6.87. The Morgan fingerprint density at radius 2 is 2.09 bits per heavy atom. The highest BCUT2D eigenvalue weighted by Gasteiger charge is 2.32. The molecule has 118 valence electrons. The minimum atomic E-state index is -0.0673. The van der Waals surface area contributed by atoms with Gasteiger partial charge in [0.2, 0.25) is 5.91 Å². The molecule has 0 radical (unpaired) electrons. The van der Waals surface area contributed by atoms with Gasteiger partial charge >= 0.3 is 0 Å². The molecular formula is C16H22N4O2. The van der Waals surface area contributed by atoms with Crippen LogP contribution >= 0.6 is 0 Å². The molecule has 3 heterocycles. The third-order valence-electron chi connectivity index (χ3n) is 4.43. The number of aromatic nitrogens is 1. The maximum absolute atomic E-state index is 12.2. The van der Waals surface area contributed by atoms with Gasteiger partial charge < -0.3 is 10.6 Å². The Balaban J connectivity index is 1.58. The van der Waals surface area contributed by atoms with Crippen LogP contribution in [0.4, 0.5) is 0 Å². The second-order valence-electron chi connectivity index (χ2n) is 5.99. The molecule has 2 fully saturated rings. The highest BCUT2D eigenvalue weighted by Crippen LogP contribution is 2.18. The Bertz CT molecular complexity index is 534. The molecule has 0 bridgehead atoms. The van der Waals surface area contributed by atoms with Crippen molar-refractivity contribution in [2.45, 2.75) is 37.8 Å². The van der Waals surface area contributed by atoms with Gasteiger partial charge in [0.25, 0.3) is 5.91 Å². The first kappa shape index (κ1) is 15.0. The van der Waals surface area contributed by atoms with Crippen LogP contribution in [0.5, 0.6) is 0 Å². The molecule has 2 unspecified atom stereocenters. The molecule has 2 saturated heterocycles. The van der Waals surface area contributed by atoms with Crippen LogP contribution in [0.15, 0.2) is 24.5 Å². The normalized spacial score (nSPS) is 26.3. The molecule has 2 N–H and O–H groups in total.